The van der Waals surface area contributed by atoms with Crippen LogP contribution in [0.1, 0.15) is 5.69 Å². The molecule has 11 heteroatoms. The summed E-state index contributed by atoms with van der Waals surface area (Å²) in [5.41, 5.74) is 5.08. The molecule has 0 atom stereocenters. The highest BCUT2D eigenvalue weighted by Crippen LogP contribution is 2.35. The fraction of sp³-hybridized carbons (Fsp3) is 0.167. The Labute approximate surface area is 138 Å². The van der Waals surface area contributed by atoms with Crippen LogP contribution in [0.25, 0.3) is 11.3 Å². The minimum absolute atomic E-state index is 0.0516. The maximum atomic E-state index is 12.7. The third kappa shape index (κ3) is 4.32. The van der Waals surface area contributed by atoms with Gasteiger partial charge in [-0.1, -0.05) is 12.1 Å². The number of halogens is 4. The van der Waals surface area contributed by atoms with Crippen LogP contribution in [0.3, 0.4) is 0 Å². The fourth-order valence-electron chi connectivity index (χ4n) is 1.73. The third-order valence-corrected chi connectivity index (χ3v) is 3.77. The number of rotatable bonds is 3. The molecule has 0 radical (unpaired) electrons. The Hall–Kier alpha value is -1.88. The Kier molecular flexibility index (Phi) is 4.53. The van der Waals surface area contributed by atoms with E-state index in [1.54, 1.807) is 0 Å². The number of hydrogen-bond acceptors (Lipinski definition) is 5. The molecule has 0 fully saturated rings. The summed E-state index contributed by atoms with van der Waals surface area (Å²) in [6, 6.07) is 5.80. The van der Waals surface area contributed by atoms with Crippen molar-refractivity contribution in [2.24, 2.45) is 0 Å². The minimum atomic E-state index is -4.68. The number of alkyl halides is 3. The number of anilines is 2. The van der Waals surface area contributed by atoms with E-state index in [4.69, 9.17) is 5.73 Å². The van der Waals surface area contributed by atoms with Crippen molar-refractivity contribution >= 4 is 37.5 Å². The van der Waals surface area contributed by atoms with Crippen LogP contribution in [-0.2, 0) is 16.2 Å². The van der Waals surface area contributed by atoms with Gasteiger partial charge in [-0.3, -0.25) is 4.72 Å². The first-order chi connectivity index (χ1) is 10.5. The molecule has 0 saturated carbocycles. The molecular formula is C12H10BrF3N4O2S. The van der Waals surface area contributed by atoms with E-state index in [0.717, 1.165) is 6.26 Å². The van der Waals surface area contributed by atoms with Crippen molar-refractivity contribution in [1.82, 2.24) is 9.97 Å². The Morgan fingerprint density at radius 2 is 1.74 bits per heavy atom. The standard InChI is InChI=1S/C12H10BrF3N4O2S/c1-23(21,22)20-7-4-2-6(3-5-7)8-11(17)19-9(10(13)18-8)12(14,15)16/h2-5,20H,1H3,(H2,17,19). The predicted molar refractivity (Wildman–Crippen MR) is 83.0 cm³/mol. The number of aromatic nitrogens is 2. The summed E-state index contributed by atoms with van der Waals surface area (Å²) >= 11 is 2.73. The molecule has 1 aromatic carbocycles. The quantitative estimate of drug-likeness (QED) is 0.810. The highest BCUT2D eigenvalue weighted by atomic mass is 79.9. The highest BCUT2D eigenvalue weighted by molar-refractivity contribution is 9.10. The number of hydrogen-bond donors (Lipinski definition) is 2. The highest BCUT2D eigenvalue weighted by Gasteiger charge is 2.36. The van der Waals surface area contributed by atoms with Gasteiger partial charge in [-0.2, -0.15) is 13.2 Å². The average molecular weight is 411 g/mol. The molecule has 0 amide bonds. The molecule has 0 saturated heterocycles. The second kappa shape index (κ2) is 5.96. The van der Waals surface area contributed by atoms with Gasteiger partial charge >= 0.3 is 6.18 Å². The Balaban J connectivity index is 2.41. The van der Waals surface area contributed by atoms with Gasteiger partial charge in [0.05, 0.1) is 6.26 Å². The van der Waals surface area contributed by atoms with E-state index in [9.17, 15) is 21.6 Å². The van der Waals surface area contributed by atoms with Crippen LogP contribution >= 0.6 is 15.9 Å². The molecule has 1 aromatic heterocycles. The zero-order valence-corrected chi connectivity index (χ0v) is 13.9. The van der Waals surface area contributed by atoms with Crippen LogP contribution in [0.4, 0.5) is 24.7 Å². The van der Waals surface area contributed by atoms with E-state index in [1.807, 2.05) is 0 Å². The van der Waals surface area contributed by atoms with Crippen molar-refractivity contribution in [2.75, 3.05) is 16.7 Å². The molecule has 0 aliphatic rings. The van der Waals surface area contributed by atoms with E-state index >= 15 is 0 Å². The number of nitrogens with one attached hydrogen (secondary N) is 1. The lowest BCUT2D eigenvalue weighted by Gasteiger charge is -2.12. The van der Waals surface area contributed by atoms with Gasteiger partial charge in [0.2, 0.25) is 10.0 Å². The number of nitrogens with two attached hydrogens (primary N) is 1. The molecule has 0 aliphatic heterocycles. The van der Waals surface area contributed by atoms with Gasteiger partial charge in [-0.25, -0.2) is 18.4 Å². The van der Waals surface area contributed by atoms with E-state index in [1.165, 1.54) is 24.3 Å². The number of nitrogen functional groups attached to an aromatic ring is 1. The van der Waals surface area contributed by atoms with Gasteiger partial charge in [-0.15, -0.1) is 0 Å². The second-order valence-electron chi connectivity index (χ2n) is 4.55. The summed E-state index contributed by atoms with van der Waals surface area (Å²) < 4.78 is 62.2. The van der Waals surface area contributed by atoms with Crippen molar-refractivity contribution in [1.29, 1.82) is 0 Å². The molecule has 1 heterocycles. The summed E-state index contributed by atoms with van der Waals surface area (Å²) in [6.45, 7) is 0. The third-order valence-electron chi connectivity index (χ3n) is 2.61. The predicted octanol–water partition coefficient (Wildman–Crippen LogP) is 2.88. The van der Waals surface area contributed by atoms with Crippen molar-refractivity contribution in [3.05, 3.63) is 34.6 Å². The molecule has 0 spiro atoms. The summed E-state index contributed by atoms with van der Waals surface area (Å²) in [5, 5.41) is 0. The van der Waals surface area contributed by atoms with Gasteiger partial charge in [0, 0.05) is 11.3 Å². The molecule has 6 nitrogen and oxygen atoms in total. The van der Waals surface area contributed by atoms with Crippen molar-refractivity contribution in [3.63, 3.8) is 0 Å². The number of sulfonamides is 1. The van der Waals surface area contributed by atoms with Gasteiger partial charge in [0.1, 0.15) is 10.3 Å². The van der Waals surface area contributed by atoms with E-state index in [2.05, 4.69) is 30.6 Å². The van der Waals surface area contributed by atoms with Gasteiger partial charge in [0.25, 0.3) is 0 Å². The van der Waals surface area contributed by atoms with Crippen molar-refractivity contribution in [3.8, 4) is 11.3 Å². The van der Waals surface area contributed by atoms with Gasteiger partial charge in [0.15, 0.2) is 11.5 Å². The first-order valence-corrected chi connectivity index (χ1v) is 8.64. The summed E-state index contributed by atoms with van der Waals surface area (Å²) in [6.07, 6.45) is -3.68. The van der Waals surface area contributed by atoms with Crippen LogP contribution in [0.5, 0.6) is 0 Å². The lowest BCUT2D eigenvalue weighted by Crippen LogP contribution is -2.13. The normalized spacial score (nSPS) is 12.2. The molecular weight excluding hydrogens is 401 g/mol. The molecule has 2 aromatic rings. The lowest BCUT2D eigenvalue weighted by molar-refractivity contribution is -0.142. The number of benzene rings is 1. The minimum Gasteiger partial charge on any atom is -0.382 e. The Morgan fingerprint density at radius 3 is 2.22 bits per heavy atom. The van der Waals surface area contributed by atoms with Gasteiger partial charge < -0.3 is 5.73 Å². The summed E-state index contributed by atoms with van der Waals surface area (Å²) in [4.78, 5) is 7.12. The van der Waals surface area contributed by atoms with E-state index in [-0.39, 0.29) is 11.5 Å². The number of nitrogens with zero attached hydrogens (tertiary/aromatic N) is 2. The SMILES string of the molecule is CS(=O)(=O)Nc1ccc(-c2nc(Br)c(C(F)(F)F)nc2N)cc1. The first kappa shape index (κ1) is 17.5. The summed E-state index contributed by atoms with van der Waals surface area (Å²) in [5.74, 6) is -0.385. The summed E-state index contributed by atoms with van der Waals surface area (Å²) in [7, 11) is -3.43. The van der Waals surface area contributed by atoms with Crippen molar-refractivity contribution in [2.45, 2.75) is 6.18 Å². The van der Waals surface area contributed by atoms with Crippen LogP contribution in [0.15, 0.2) is 28.9 Å². The molecule has 23 heavy (non-hydrogen) atoms. The van der Waals surface area contributed by atoms with Gasteiger partial charge in [-0.05, 0) is 28.1 Å². The van der Waals surface area contributed by atoms with Crippen LogP contribution < -0.4 is 10.5 Å². The largest absolute Gasteiger partial charge is 0.436 e. The molecule has 0 bridgehead atoms. The van der Waals surface area contributed by atoms with E-state index in [0.29, 0.717) is 11.3 Å². The Morgan fingerprint density at radius 1 is 1.17 bits per heavy atom. The molecule has 0 aliphatic carbocycles. The zero-order chi connectivity index (χ0) is 17.4. The molecule has 3 N–H and O–H groups in total. The monoisotopic (exact) mass is 410 g/mol. The topological polar surface area (TPSA) is 98.0 Å². The van der Waals surface area contributed by atoms with E-state index < -0.39 is 26.5 Å². The first-order valence-electron chi connectivity index (χ1n) is 5.96. The van der Waals surface area contributed by atoms with Crippen LogP contribution in [-0.4, -0.2) is 24.6 Å². The average Bonchev–Trinajstić information content (AvgIpc) is 2.39. The maximum Gasteiger partial charge on any atom is 0.436 e. The van der Waals surface area contributed by atoms with Crippen LogP contribution in [0, 0.1) is 0 Å². The molecule has 2 rings (SSSR count). The Bertz CT molecular complexity index is 839. The van der Waals surface area contributed by atoms with Crippen molar-refractivity contribution < 1.29 is 21.6 Å². The zero-order valence-electron chi connectivity index (χ0n) is 11.5. The molecule has 124 valence electrons. The smallest absolute Gasteiger partial charge is 0.382 e. The molecule has 0 unspecified atom stereocenters. The lowest BCUT2D eigenvalue weighted by atomic mass is 10.1. The van der Waals surface area contributed by atoms with Crippen LogP contribution in [0.2, 0.25) is 0 Å². The second-order valence-corrected chi connectivity index (χ2v) is 7.05. The fourth-order valence-corrected chi connectivity index (χ4v) is 2.79. The maximum absolute atomic E-state index is 12.7.